The molecule has 1 heterocycles. The Balaban J connectivity index is 2.19. The van der Waals surface area contributed by atoms with Crippen molar-refractivity contribution in [1.82, 2.24) is 4.90 Å². The lowest BCUT2D eigenvalue weighted by Crippen LogP contribution is -2.35. The van der Waals surface area contributed by atoms with E-state index in [2.05, 4.69) is 30.9 Å². The van der Waals surface area contributed by atoms with E-state index in [0.717, 1.165) is 25.1 Å². The first-order valence-electron chi connectivity index (χ1n) is 5.89. The van der Waals surface area contributed by atoms with Crippen LogP contribution in [-0.2, 0) is 0 Å². The van der Waals surface area contributed by atoms with Crippen molar-refractivity contribution in [2.75, 3.05) is 13.1 Å². The monoisotopic (exact) mass is 217 g/mol. The Hall–Kier alpha value is -1.28. The summed E-state index contributed by atoms with van der Waals surface area (Å²) in [6.07, 6.45) is 3.39. The minimum atomic E-state index is 0.347. The summed E-state index contributed by atoms with van der Waals surface area (Å²) < 4.78 is 0. The van der Waals surface area contributed by atoms with Crippen molar-refractivity contribution < 1.29 is 5.11 Å². The second-order valence-corrected chi connectivity index (χ2v) is 4.63. The van der Waals surface area contributed by atoms with Crippen molar-refractivity contribution in [1.29, 1.82) is 0 Å². The summed E-state index contributed by atoms with van der Waals surface area (Å²) in [6, 6.07) is 8.11. The Bertz CT molecular complexity index is 395. The van der Waals surface area contributed by atoms with Crippen LogP contribution in [0.5, 0.6) is 5.75 Å². The van der Waals surface area contributed by atoms with Gasteiger partial charge in [0.05, 0.1) is 0 Å². The van der Waals surface area contributed by atoms with Gasteiger partial charge in [0.25, 0.3) is 0 Å². The molecule has 0 radical (unpaired) electrons. The van der Waals surface area contributed by atoms with E-state index in [1.165, 1.54) is 5.57 Å². The van der Waals surface area contributed by atoms with Crippen molar-refractivity contribution in [2.45, 2.75) is 26.3 Å². The molecule has 2 rings (SSSR count). The predicted molar refractivity (Wildman–Crippen MR) is 67.4 cm³/mol. The van der Waals surface area contributed by atoms with E-state index in [4.69, 9.17) is 0 Å². The topological polar surface area (TPSA) is 23.5 Å². The SMILES string of the molecule is CC(C)N1CCC=C(c2cccc(O)c2)C1. The summed E-state index contributed by atoms with van der Waals surface area (Å²) in [6.45, 7) is 6.58. The Labute approximate surface area is 97.2 Å². The fourth-order valence-corrected chi connectivity index (χ4v) is 2.12. The number of hydrogen-bond donors (Lipinski definition) is 1. The molecule has 0 bridgehead atoms. The lowest BCUT2D eigenvalue weighted by molar-refractivity contribution is 0.248. The van der Waals surface area contributed by atoms with Crippen molar-refractivity contribution >= 4 is 5.57 Å². The van der Waals surface area contributed by atoms with Gasteiger partial charge in [-0.05, 0) is 43.5 Å². The largest absolute Gasteiger partial charge is 0.508 e. The van der Waals surface area contributed by atoms with Crippen LogP contribution in [0.2, 0.25) is 0 Å². The second kappa shape index (κ2) is 4.71. The van der Waals surface area contributed by atoms with E-state index in [9.17, 15) is 5.11 Å². The van der Waals surface area contributed by atoms with Gasteiger partial charge in [-0.15, -0.1) is 0 Å². The third-order valence-electron chi connectivity index (χ3n) is 3.13. The molecule has 1 aliphatic rings. The summed E-state index contributed by atoms with van der Waals surface area (Å²) in [7, 11) is 0. The van der Waals surface area contributed by atoms with Gasteiger partial charge in [0.15, 0.2) is 0 Å². The Morgan fingerprint density at radius 1 is 1.31 bits per heavy atom. The van der Waals surface area contributed by atoms with Crippen LogP contribution in [0.1, 0.15) is 25.8 Å². The third kappa shape index (κ3) is 2.45. The highest BCUT2D eigenvalue weighted by molar-refractivity contribution is 5.68. The molecule has 0 aliphatic carbocycles. The molecule has 0 amide bonds. The van der Waals surface area contributed by atoms with Gasteiger partial charge in [-0.1, -0.05) is 18.2 Å². The number of phenols is 1. The second-order valence-electron chi connectivity index (χ2n) is 4.63. The maximum Gasteiger partial charge on any atom is 0.116 e. The summed E-state index contributed by atoms with van der Waals surface area (Å²) in [5, 5.41) is 9.48. The zero-order valence-corrected chi connectivity index (χ0v) is 9.98. The molecule has 2 nitrogen and oxygen atoms in total. The number of hydrogen-bond acceptors (Lipinski definition) is 2. The van der Waals surface area contributed by atoms with Crippen molar-refractivity contribution in [2.24, 2.45) is 0 Å². The molecule has 0 aromatic heterocycles. The van der Waals surface area contributed by atoms with Crippen LogP contribution in [0.25, 0.3) is 5.57 Å². The first kappa shape index (κ1) is 11.2. The van der Waals surface area contributed by atoms with E-state index >= 15 is 0 Å². The van der Waals surface area contributed by atoms with E-state index in [-0.39, 0.29) is 0 Å². The first-order chi connectivity index (χ1) is 7.66. The molecule has 1 aliphatic heterocycles. The van der Waals surface area contributed by atoms with Gasteiger partial charge in [0.2, 0.25) is 0 Å². The molecule has 0 atom stereocenters. The molecule has 0 unspecified atom stereocenters. The number of rotatable bonds is 2. The van der Waals surface area contributed by atoms with Crippen LogP contribution in [0.15, 0.2) is 30.3 Å². The highest BCUT2D eigenvalue weighted by Gasteiger charge is 2.16. The van der Waals surface area contributed by atoms with Crippen LogP contribution >= 0.6 is 0 Å². The van der Waals surface area contributed by atoms with Crippen molar-refractivity contribution in [3.05, 3.63) is 35.9 Å². The van der Waals surface area contributed by atoms with E-state index < -0.39 is 0 Å². The van der Waals surface area contributed by atoms with Gasteiger partial charge in [0, 0.05) is 19.1 Å². The maximum atomic E-state index is 9.48. The van der Waals surface area contributed by atoms with Gasteiger partial charge in [-0.25, -0.2) is 0 Å². The molecule has 1 aromatic rings. The van der Waals surface area contributed by atoms with E-state index in [1.54, 1.807) is 6.07 Å². The quantitative estimate of drug-likeness (QED) is 0.823. The normalized spacial score (nSPS) is 17.6. The molecule has 16 heavy (non-hydrogen) atoms. The maximum absolute atomic E-state index is 9.48. The number of benzene rings is 1. The Morgan fingerprint density at radius 2 is 2.12 bits per heavy atom. The zero-order chi connectivity index (χ0) is 11.5. The molecule has 1 N–H and O–H groups in total. The highest BCUT2D eigenvalue weighted by atomic mass is 16.3. The third-order valence-corrected chi connectivity index (χ3v) is 3.13. The number of nitrogens with zero attached hydrogens (tertiary/aromatic N) is 1. The fourth-order valence-electron chi connectivity index (χ4n) is 2.12. The summed E-state index contributed by atoms with van der Waals surface area (Å²) in [5.74, 6) is 0.347. The van der Waals surface area contributed by atoms with Crippen LogP contribution in [-0.4, -0.2) is 29.1 Å². The average Bonchev–Trinajstić information content (AvgIpc) is 2.29. The predicted octanol–water partition coefficient (Wildman–Crippen LogP) is 2.89. The molecule has 0 fully saturated rings. The molecule has 0 saturated carbocycles. The minimum absolute atomic E-state index is 0.347. The smallest absolute Gasteiger partial charge is 0.116 e. The van der Waals surface area contributed by atoms with Crippen molar-refractivity contribution in [3.8, 4) is 5.75 Å². The van der Waals surface area contributed by atoms with Gasteiger partial charge >= 0.3 is 0 Å². The first-order valence-corrected chi connectivity index (χ1v) is 5.89. The Morgan fingerprint density at radius 3 is 2.81 bits per heavy atom. The molecule has 0 saturated heterocycles. The highest BCUT2D eigenvalue weighted by Crippen LogP contribution is 2.24. The van der Waals surface area contributed by atoms with E-state index in [0.29, 0.717) is 11.8 Å². The average molecular weight is 217 g/mol. The van der Waals surface area contributed by atoms with Gasteiger partial charge in [-0.3, -0.25) is 4.90 Å². The van der Waals surface area contributed by atoms with Crippen molar-refractivity contribution in [3.63, 3.8) is 0 Å². The van der Waals surface area contributed by atoms with Crippen LogP contribution in [0, 0.1) is 0 Å². The lowest BCUT2D eigenvalue weighted by atomic mass is 10.00. The van der Waals surface area contributed by atoms with Crippen LogP contribution in [0.4, 0.5) is 0 Å². The summed E-state index contributed by atoms with van der Waals surface area (Å²) in [5.41, 5.74) is 2.47. The van der Waals surface area contributed by atoms with Crippen LogP contribution < -0.4 is 0 Å². The fraction of sp³-hybridized carbons (Fsp3) is 0.429. The molecule has 2 heteroatoms. The minimum Gasteiger partial charge on any atom is -0.508 e. The summed E-state index contributed by atoms with van der Waals surface area (Å²) in [4.78, 5) is 2.46. The molecular formula is C14H19NO. The summed E-state index contributed by atoms with van der Waals surface area (Å²) >= 11 is 0. The molecule has 1 aromatic carbocycles. The van der Waals surface area contributed by atoms with Gasteiger partial charge in [-0.2, -0.15) is 0 Å². The Kier molecular flexibility index (Phi) is 3.30. The van der Waals surface area contributed by atoms with Gasteiger partial charge < -0.3 is 5.11 Å². The standard InChI is InChI=1S/C14H19NO/c1-11(2)15-8-4-6-13(10-15)12-5-3-7-14(16)9-12/h3,5-7,9,11,16H,4,8,10H2,1-2H3. The number of phenolic OH excluding ortho intramolecular Hbond substituents is 1. The molecule has 0 spiro atoms. The molecule has 86 valence electrons. The molecular weight excluding hydrogens is 198 g/mol. The lowest BCUT2D eigenvalue weighted by Gasteiger charge is -2.30. The van der Waals surface area contributed by atoms with Gasteiger partial charge in [0.1, 0.15) is 5.75 Å². The van der Waals surface area contributed by atoms with Crippen LogP contribution in [0.3, 0.4) is 0 Å². The number of aromatic hydroxyl groups is 1. The zero-order valence-electron chi connectivity index (χ0n) is 9.98. The van der Waals surface area contributed by atoms with E-state index in [1.807, 2.05) is 12.1 Å².